The summed E-state index contributed by atoms with van der Waals surface area (Å²) in [4.78, 5) is 4.76. The molecule has 0 aliphatic rings. The minimum Gasteiger partial charge on any atom is -0.384 e. The van der Waals surface area contributed by atoms with Crippen LogP contribution in [-0.2, 0) is 4.74 Å². The van der Waals surface area contributed by atoms with Gasteiger partial charge in [0.25, 0.3) is 0 Å². The Morgan fingerprint density at radius 3 is 2.84 bits per heavy atom. The van der Waals surface area contributed by atoms with Gasteiger partial charge < -0.3 is 10.1 Å². The second kappa shape index (κ2) is 6.98. The predicted octanol–water partition coefficient (Wildman–Crippen LogP) is 3.62. The van der Waals surface area contributed by atoms with Crippen LogP contribution in [0, 0.1) is 5.92 Å². The highest BCUT2D eigenvalue weighted by Gasteiger charge is 2.18. The van der Waals surface area contributed by atoms with Crippen LogP contribution in [0.25, 0.3) is 10.2 Å². The van der Waals surface area contributed by atoms with Crippen molar-refractivity contribution in [2.24, 2.45) is 5.92 Å². The van der Waals surface area contributed by atoms with Gasteiger partial charge in [-0.25, -0.2) is 4.98 Å². The Hall–Kier alpha value is -0.970. The van der Waals surface area contributed by atoms with E-state index in [2.05, 4.69) is 37.4 Å². The van der Waals surface area contributed by atoms with Gasteiger partial charge in [-0.3, -0.25) is 0 Å². The summed E-state index contributed by atoms with van der Waals surface area (Å²) in [6.07, 6.45) is 1.06. The third-order valence-corrected chi connectivity index (χ3v) is 4.30. The molecule has 2 atom stereocenters. The molecule has 0 spiro atoms. The highest BCUT2D eigenvalue weighted by Crippen LogP contribution is 2.29. The number of methoxy groups -OCH3 is 1. The van der Waals surface area contributed by atoms with Crippen molar-refractivity contribution < 1.29 is 4.74 Å². The van der Waals surface area contributed by atoms with Crippen molar-refractivity contribution in [1.82, 2.24) is 10.3 Å². The number of rotatable bonds is 7. The molecule has 2 aromatic rings. The van der Waals surface area contributed by atoms with Gasteiger partial charge in [0.05, 0.1) is 16.3 Å². The summed E-state index contributed by atoms with van der Waals surface area (Å²) in [5.74, 6) is 0.529. The van der Waals surface area contributed by atoms with Crippen LogP contribution in [0.4, 0.5) is 0 Å². The molecule has 1 aromatic carbocycles. The maximum Gasteiger partial charge on any atom is 0.111 e. The number of fused-ring (bicyclic) bond motifs is 1. The molecule has 1 heterocycles. The Morgan fingerprint density at radius 2 is 2.16 bits per heavy atom. The standard InChI is InChI=1S/C15H22N2OS/c1-4-16-13(9-11(2)10-18-3)15-17-12-7-5-6-8-14(12)19-15/h5-8,11,13,16H,4,9-10H2,1-3H3. The molecule has 0 saturated heterocycles. The second-order valence-corrected chi connectivity index (χ2v) is 5.99. The smallest absolute Gasteiger partial charge is 0.111 e. The van der Waals surface area contributed by atoms with E-state index >= 15 is 0 Å². The van der Waals surface area contributed by atoms with E-state index in [9.17, 15) is 0 Å². The van der Waals surface area contributed by atoms with Crippen molar-refractivity contribution in [2.45, 2.75) is 26.3 Å². The number of hydrogen-bond donors (Lipinski definition) is 1. The number of thiazole rings is 1. The largest absolute Gasteiger partial charge is 0.384 e. The molecular weight excluding hydrogens is 256 g/mol. The number of hydrogen-bond acceptors (Lipinski definition) is 4. The summed E-state index contributed by atoms with van der Waals surface area (Å²) in [7, 11) is 1.76. The third kappa shape index (κ3) is 3.75. The lowest BCUT2D eigenvalue weighted by Crippen LogP contribution is -2.24. The van der Waals surface area contributed by atoms with Gasteiger partial charge in [0, 0.05) is 13.7 Å². The van der Waals surface area contributed by atoms with Crippen molar-refractivity contribution in [3.63, 3.8) is 0 Å². The molecule has 0 aliphatic heterocycles. The molecule has 0 bridgehead atoms. The maximum absolute atomic E-state index is 5.23. The second-order valence-electron chi connectivity index (χ2n) is 4.93. The van der Waals surface area contributed by atoms with E-state index in [-0.39, 0.29) is 0 Å². The van der Waals surface area contributed by atoms with Crippen LogP contribution in [0.15, 0.2) is 24.3 Å². The minimum absolute atomic E-state index is 0.326. The molecule has 1 aromatic heterocycles. The normalized spacial score (nSPS) is 14.7. The lowest BCUT2D eigenvalue weighted by molar-refractivity contribution is 0.149. The van der Waals surface area contributed by atoms with Gasteiger partial charge in [-0.1, -0.05) is 26.0 Å². The van der Waals surface area contributed by atoms with E-state index < -0.39 is 0 Å². The Labute approximate surface area is 119 Å². The third-order valence-electron chi connectivity index (χ3n) is 3.15. The summed E-state index contributed by atoms with van der Waals surface area (Å²) >= 11 is 1.79. The molecule has 0 fully saturated rings. The number of aromatic nitrogens is 1. The SMILES string of the molecule is CCNC(CC(C)COC)c1nc2ccccc2s1. The van der Waals surface area contributed by atoms with Crippen LogP contribution in [0.1, 0.15) is 31.3 Å². The predicted molar refractivity (Wildman–Crippen MR) is 81.7 cm³/mol. The first-order valence-corrected chi connectivity index (χ1v) is 7.64. The Morgan fingerprint density at radius 1 is 1.37 bits per heavy atom. The van der Waals surface area contributed by atoms with Crippen LogP contribution in [0.5, 0.6) is 0 Å². The van der Waals surface area contributed by atoms with E-state index in [1.807, 2.05) is 6.07 Å². The number of benzene rings is 1. The van der Waals surface area contributed by atoms with Crippen molar-refractivity contribution in [3.8, 4) is 0 Å². The monoisotopic (exact) mass is 278 g/mol. The van der Waals surface area contributed by atoms with Crippen molar-refractivity contribution >= 4 is 21.6 Å². The number of para-hydroxylation sites is 1. The van der Waals surface area contributed by atoms with Crippen molar-refractivity contribution in [1.29, 1.82) is 0 Å². The van der Waals surface area contributed by atoms with Crippen LogP contribution in [-0.4, -0.2) is 25.2 Å². The zero-order valence-corrected chi connectivity index (χ0v) is 12.7. The molecular formula is C15H22N2OS. The van der Waals surface area contributed by atoms with Crippen LogP contribution < -0.4 is 5.32 Å². The van der Waals surface area contributed by atoms with Gasteiger partial charge >= 0.3 is 0 Å². The zero-order valence-electron chi connectivity index (χ0n) is 11.8. The average Bonchev–Trinajstić information content (AvgIpc) is 2.82. The first-order chi connectivity index (χ1) is 9.24. The van der Waals surface area contributed by atoms with Crippen LogP contribution in [0.3, 0.4) is 0 Å². The lowest BCUT2D eigenvalue weighted by Gasteiger charge is -2.19. The highest BCUT2D eigenvalue weighted by molar-refractivity contribution is 7.18. The summed E-state index contributed by atoms with van der Waals surface area (Å²) in [5, 5.41) is 4.73. The van der Waals surface area contributed by atoms with Crippen molar-refractivity contribution in [3.05, 3.63) is 29.3 Å². The topological polar surface area (TPSA) is 34.1 Å². The van der Waals surface area contributed by atoms with E-state index in [4.69, 9.17) is 9.72 Å². The van der Waals surface area contributed by atoms with Gasteiger partial charge in [-0.15, -0.1) is 11.3 Å². The van der Waals surface area contributed by atoms with Crippen LogP contribution in [0.2, 0.25) is 0 Å². The van der Waals surface area contributed by atoms with E-state index in [1.165, 1.54) is 9.71 Å². The Balaban J connectivity index is 2.17. The number of ether oxygens (including phenoxy) is 1. The fourth-order valence-corrected chi connectivity index (χ4v) is 3.37. The minimum atomic E-state index is 0.326. The molecule has 4 heteroatoms. The molecule has 3 nitrogen and oxygen atoms in total. The molecule has 104 valence electrons. The van der Waals surface area contributed by atoms with Gasteiger partial charge in [0.15, 0.2) is 0 Å². The molecule has 0 amide bonds. The highest BCUT2D eigenvalue weighted by atomic mass is 32.1. The molecule has 0 aliphatic carbocycles. The van der Waals surface area contributed by atoms with E-state index in [0.29, 0.717) is 12.0 Å². The molecule has 1 N–H and O–H groups in total. The molecule has 2 rings (SSSR count). The first-order valence-electron chi connectivity index (χ1n) is 6.82. The number of nitrogens with zero attached hydrogens (tertiary/aromatic N) is 1. The summed E-state index contributed by atoms with van der Waals surface area (Å²) in [6.45, 7) is 6.12. The lowest BCUT2D eigenvalue weighted by atomic mass is 10.0. The molecule has 2 unspecified atom stereocenters. The fraction of sp³-hybridized carbons (Fsp3) is 0.533. The van der Waals surface area contributed by atoms with Gasteiger partial charge in [0.2, 0.25) is 0 Å². The molecule has 0 radical (unpaired) electrons. The summed E-state index contributed by atoms with van der Waals surface area (Å²) in [5.41, 5.74) is 1.10. The maximum atomic E-state index is 5.23. The van der Waals surface area contributed by atoms with Gasteiger partial charge in [0.1, 0.15) is 5.01 Å². The molecule has 19 heavy (non-hydrogen) atoms. The summed E-state index contributed by atoms with van der Waals surface area (Å²) in [6, 6.07) is 8.66. The fourth-order valence-electron chi connectivity index (χ4n) is 2.31. The van der Waals surface area contributed by atoms with Crippen LogP contribution >= 0.6 is 11.3 Å². The number of nitrogens with one attached hydrogen (secondary N) is 1. The average molecular weight is 278 g/mol. The van der Waals surface area contributed by atoms with E-state index in [1.54, 1.807) is 18.4 Å². The van der Waals surface area contributed by atoms with E-state index in [0.717, 1.165) is 25.1 Å². The Bertz CT molecular complexity index is 479. The zero-order chi connectivity index (χ0) is 13.7. The van der Waals surface area contributed by atoms with Gasteiger partial charge in [-0.05, 0) is 31.0 Å². The van der Waals surface area contributed by atoms with Crippen molar-refractivity contribution in [2.75, 3.05) is 20.3 Å². The van der Waals surface area contributed by atoms with Gasteiger partial charge in [-0.2, -0.15) is 0 Å². The quantitative estimate of drug-likeness (QED) is 0.840. The molecule has 0 saturated carbocycles. The Kier molecular flexibility index (Phi) is 5.31. The first kappa shape index (κ1) is 14.4. The summed E-state index contributed by atoms with van der Waals surface area (Å²) < 4.78 is 6.50.